The van der Waals surface area contributed by atoms with E-state index < -0.39 is 4.92 Å². The number of nitro groups is 1. The van der Waals surface area contributed by atoms with E-state index in [0.717, 1.165) is 0 Å². The molecule has 0 saturated carbocycles. The number of benzene rings is 1. The van der Waals surface area contributed by atoms with E-state index in [1.54, 1.807) is 24.3 Å². The minimum absolute atomic E-state index is 0.0917. The molecule has 0 N–H and O–H groups in total. The highest BCUT2D eigenvalue weighted by Crippen LogP contribution is 2.19. The summed E-state index contributed by atoms with van der Waals surface area (Å²) in [6, 6.07) is 10.2. The summed E-state index contributed by atoms with van der Waals surface area (Å²) in [6.07, 6.45) is 1.22. The molecule has 0 saturated heterocycles. The van der Waals surface area contributed by atoms with Crippen molar-refractivity contribution in [1.82, 2.24) is 4.57 Å². The third-order valence-corrected chi connectivity index (χ3v) is 2.46. The minimum atomic E-state index is -0.508. The molecule has 0 amide bonds. The molecule has 86 valence electrons. The molecule has 1 aromatic heterocycles. The van der Waals surface area contributed by atoms with Crippen molar-refractivity contribution in [3.8, 4) is 11.1 Å². The Morgan fingerprint density at radius 3 is 2.47 bits per heavy atom. The van der Waals surface area contributed by atoms with Gasteiger partial charge in [0.1, 0.15) is 0 Å². The Balaban J connectivity index is 2.70. The van der Waals surface area contributed by atoms with Crippen molar-refractivity contribution < 1.29 is 4.92 Å². The standard InChI is InChI=1S/C12H10N2O3/c1-13-8-10(14(16)17)7-11(12(13)15)9-5-3-2-4-6-9/h2-8H,1H3. The van der Waals surface area contributed by atoms with Crippen molar-refractivity contribution in [2.75, 3.05) is 0 Å². The van der Waals surface area contributed by atoms with E-state index in [2.05, 4.69) is 0 Å². The molecule has 0 aliphatic rings. The highest BCUT2D eigenvalue weighted by Gasteiger charge is 2.13. The summed E-state index contributed by atoms with van der Waals surface area (Å²) in [5.74, 6) is 0. The van der Waals surface area contributed by atoms with Crippen molar-refractivity contribution in [3.63, 3.8) is 0 Å². The van der Waals surface area contributed by atoms with Gasteiger partial charge in [-0.05, 0) is 5.56 Å². The predicted octanol–water partition coefficient (Wildman–Crippen LogP) is 1.96. The van der Waals surface area contributed by atoms with E-state index in [1.807, 2.05) is 6.07 Å². The van der Waals surface area contributed by atoms with E-state index in [9.17, 15) is 14.9 Å². The number of aryl methyl sites for hydroxylation is 1. The first-order valence-electron chi connectivity index (χ1n) is 5.00. The van der Waals surface area contributed by atoms with Gasteiger partial charge < -0.3 is 4.57 Å². The normalized spacial score (nSPS) is 10.2. The Labute approximate surface area is 97.1 Å². The van der Waals surface area contributed by atoms with Gasteiger partial charge in [0.15, 0.2) is 0 Å². The summed E-state index contributed by atoms with van der Waals surface area (Å²) in [6.45, 7) is 0. The van der Waals surface area contributed by atoms with Crippen LogP contribution < -0.4 is 5.56 Å². The number of hydrogen-bond donors (Lipinski definition) is 0. The number of rotatable bonds is 2. The molecule has 0 aliphatic heterocycles. The molecule has 0 aliphatic carbocycles. The van der Waals surface area contributed by atoms with Gasteiger partial charge in [-0.15, -0.1) is 0 Å². The van der Waals surface area contributed by atoms with Gasteiger partial charge in [-0.25, -0.2) is 0 Å². The van der Waals surface area contributed by atoms with Crippen LogP contribution >= 0.6 is 0 Å². The minimum Gasteiger partial charge on any atom is -0.311 e. The number of aromatic nitrogens is 1. The summed E-state index contributed by atoms with van der Waals surface area (Å²) in [4.78, 5) is 22.1. The molecule has 0 spiro atoms. The van der Waals surface area contributed by atoms with Gasteiger partial charge in [-0.3, -0.25) is 14.9 Å². The fourth-order valence-corrected chi connectivity index (χ4v) is 1.62. The second-order valence-electron chi connectivity index (χ2n) is 3.65. The maximum Gasteiger partial charge on any atom is 0.286 e. The fourth-order valence-electron chi connectivity index (χ4n) is 1.62. The summed E-state index contributed by atoms with van der Waals surface area (Å²) in [5, 5.41) is 10.7. The van der Waals surface area contributed by atoms with Gasteiger partial charge in [0.2, 0.25) is 0 Å². The average molecular weight is 230 g/mol. The monoisotopic (exact) mass is 230 g/mol. The van der Waals surface area contributed by atoms with Crippen LogP contribution in [0.5, 0.6) is 0 Å². The molecule has 2 aromatic rings. The van der Waals surface area contributed by atoms with E-state index >= 15 is 0 Å². The predicted molar refractivity (Wildman–Crippen MR) is 63.8 cm³/mol. The van der Waals surface area contributed by atoms with Crippen molar-refractivity contribution in [2.45, 2.75) is 0 Å². The Hall–Kier alpha value is -2.43. The first-order chi connectivity index (χ1) is 8.09. The Morgan fingerprint density at radius 1 is 1.24 bits per heavy atom. The maximum atomic E-state index is 11.9. The Bertz CT molecular complexity index is 617. The van der Waals surface area contributed by atoms with Crippen LogP contribution in [-0.2, 0) is 7.05 Å². The molecular weight excluding hydrogens is 220 g/mol. The molecule has 0 atom stereocenters. The topological polar surface area (TPSA) is 65.1 Å². The van der Waals surface area contributed by atoms with Crippen LogP contribution in [0.25, 0.3) is 11.1 Å². The first-order valence-corrected chi connectivity index (χ1v) is 5.00. The van der Waals surface area contributed by atoms with E-state index in [4.69, 9.17) is 0 Å². The smallest absolute Gasteiger partial charge is 0.286 e. The maximum absolute atomic E-state index is 11.9. The van der Waals surface area contributed by atoms with Crippen LogP contribution in [-0.4, -0.2) is 9.49 Å². The number of nitrogens with zero attached hydrogens (tertiary/aromatic N) is 2. The highest BCUT2D eigenvalue weighted by molar-refractivity contribution is 5.64. The lowest BCUT2D eigenvalue weighted by atomic mass is 10.1. The van der Waals surface area contributed by atoms with Crippen molar-refractivity contribution in [3.05, 3.63) is 63.1 Å². The lowest BCUT2D eigenvalue weighted by molar-refractivity contribution is -0.385. The molecule has 0 bridgehead atoms. The molecule has 17 heavy (non-hydrogen) atoms. The van der Waals surface area contributed by atoms with Gasteiger partial charge in [0, 0.05) is 13.1 Å². The van der Waals surface area contributed by atoms with Gasteiger partial charge in [-0.1, -0.05) is 30.3 Å². The molecule has 5 nitrogen and oxygen atoms in total. The zero-order valence-corrected chi connectivity index (χ0v) is 9.16. The van der Waals surface area contributed by atoms with Crippen LogP contribution in [0.15, 0.2) is 47.4 Å². The first kappa shape index (κ1) is 11.1. The molecule has 0 unspecified atom stereocenters. The van der Waals surface area contributed by atoms with Crippen molar-refractivity contribution >= 4 is 5.69 Å². The second-order valence-corrected chi connectivity index (χ2v) is 3.65. The van der Waals surface area contributed by atoms with Gasteiger partial charge in [0.05, 0.1) is 16.7 Å². The SMILES string of the molecule is Cn1cc([N+](=O)[O-])cc(-c2ccccc2)c1=O. The summed E-state index contributed by atoms with van der Waals surface area (Å²) in [7, 11) is 1.50. The summed E-state index contributed by atoms with van der Waals surface area (Å²) in [5.41, 5.74) is 0.673. The molecule has 0 fully saturated rings. The zero-order chi connectivity index (χ0) is 12.4. The van der Waals surface area contributed by atoms with Gasteiger partial charge in [-0.2, -0.15) is 0 Å². The molecule has 5 heteroatoms. The van der Waals surface area contributed by atoms with E-state index in [0.29, 0.717) is 11.1 Å². The third kappa shape index (κ3) is 2.08. The van der Waals surface area contributed by atoms with Crippen molar-refractivity contribution in [2.24, 2.45) is 7.05 Å². The van der Waals surface area contributed by atoms with Gasteiger partial charge >= 0.3 is 0 Å². The summed E-state index contributed by atoms with van der Waals surface area (Å²) >= 11 is 0. The van der Waals surface area contributed by atoms with Crippen molar-refractivity contribution in [1.29, 1.82) is 0 Å². The van der Waals surface area contributed by atoms with E-state index in [-0.39, 0.29) is 11.2 Å². The van der Waals surface area contributed by atoms with Crippen LogP contribution in [0.3, 0.4) is 0 Å². The highest BCUT2D eigenvalue weighted by atomic mass is 16.6. The van der Waals surface area contributed by atoms with Crippen LogP contribution in [0.2, 0.25) is 0 Å². The quantitative estimate of drug-likeness (QED) is 0.585. The van der Waals surface area contributed by atoms with Crippen LogP contribution in [0, 0.1) is 10.1 Å². The van der Waals surface area contributed by atoms with Crippen LogP contribution in [0.4, 0.5) is 5.69 Å². The second kappa shape index (κ2) is 4.21. The Morgan fingerprint density at radius 2 is 1.88 bits per heavy atom. The van der Waals surface area contributed by atoms with E-state index in [1.165, 1.54) is 23.9 Å². The molecule has 1 heterocycles. The van der Waals surface area contributed by atoms with Crippen LogP contribution in [0.1, 0.15) is 0 Å². The Kier molecular flexibility index (Phi) is 2.74. The molecular formula is C12H10N2O3. The molecule has 1 aromatic carbocycles. The number of pyridine rings is 1. The molecule has 2 rings (SSSR count). The molecule has 0 radical (unpaired) electrons. The average Bonchev–Trinajstić information content (AvgIpc) is 2.33. The fraction of sp³-hybridized carbons (Fsp3) is 0.0833. The van der Waals surface area contributed by atoms with Gasteiger partial charge in [0.25, 0.3) is 11.2 Å². The largest absolute Gasteiger partial charge is 0.311 e. The lowest BCUT2D eigenvalue weighted by Crippen LogP contribution is -2.18. The zero-order valence-electron chi connectivity index (χ0n) is 9.16. The lowest BCUT2D eigenvalue weighted by Gasteiger charge is -2.03. The summed E-state index contributed by atoms with van der Waals surface area (Å²) < 4.78 is 1.22. The third-order valence-electron chi connectivity index (χ3n) is 2.46. The number of hydrogen-bond acceptors (Lipinski definition) is 3.